The van der Waals surface area contributed by atoms with Crippen LogP contribution in [0.15, 0.2) is 66.2 Å². The first kappa shape index (κ1) is 31.5. The van der Waals surface area contributed by atoms with E-state index in [0.29, 0.717) is 28.4 Å². The Bertz CT molecular complexity index is 1600. The number of carbonyl (C=O) groups is 1. The average molecular weight is 662 g/mol. The Hall–Kier alpha value is -3.07. The van der Waals surface area contributed by atoms with Crippen LogP contribution in [0.4, 0.5) is 0 Å². The third kappa shape index (κ3) is 6.67. The summed E-state index contributed by atoms with van der Waals surface area (Å²) in [6.07, 6.45) is 3.91. The fraction of sp³-hybridized carbons (Fsp3) is 0.432. The SMILES string of the molecule is COc1cccc(CN(C(=O)C2=C(c3ccc(CN4CC[C@H](Oc5c(Cl)cccc5Cl)C4)cc3)C[C@H]3CNC[C@@H]2N3)C2CC2)c1C. The Balaban J connectivity index is 1.09. The zero-order chi connectivity index (χ0) is 31.8. The molecule has 1 amide bonds. The molecule has 0 unspecified atom stereocenters. The Morgan fingerprint density at radius 3 is 2.50 bits per heavy atom. The molecular weight excluding hydrogens is 619 g/mol. The minimum absolute atomic E-state index is 0.00418. The van der Waals surface area contributed by atoms with Gasteiger partial charge in [-0.1, -0.05) is 65.7 Å². The lowest BCUT2D eigenvalue weighted by Crippen LogP contribution is -2.60. The summed E-state index contributed by atoms with van der Waals surface area (Å²) >= 11 is 12.7. The number of benzene rings is 3. The molecule has 4 aliphatic rings. The van der Waals surface area contributed by atoms with E-state index >= 15 is 0 Å². The molecule has 3 atom stereocenters. The number of para-hydroxylation sites is 1. The number of fused-ring (bicyclic) bond motifs is 2. The highest BCUT2D eigenvalue weighted by molar-refractivity contribution is 6.37. The molecule has 3 aliphatic heterocycles. The minimum Gasteiger partial charge on any atom is -0.496 e. The summed E-state index contributed by atoms with van der Waals surface area (Å²) in [4.78, 5) is 19.1. The largest absolute Gasteiger partial charge is 0.496 e. The van der Waals surface area contributed by atoms with E-state index in [2.05, 4.69) is 57.7 Å². The summed E-state index contributed by atoms with van der Waals surface area (Å²) in [5.41, 5.74) is 6.73. The second-order valence-electron chi connectivity index (χ2n) is 13.1. The van der Waals surface area contributed by atoms with Gasteiger partial charge in [-0.05, 0) is 78.6 Å². The number of likely N-dealkylation sites (tertiary alicyclic amines) is 1. The van der Waals surface area contributed by atoms with E-state index in [1.807, 2.05) is 30.3 Å². The van der Waals surface area contributed by atoms with Crippen molar-refractivity contribution < 1.29 is 14.3 Å². The highest BCUT2D eigenvalue weighted by Gasteiger charge is 2.41. The first-order chi connectivity index (χ1) is 22.4. The standard InChI is InChI=1S/C37H42Cl2N4O3/c1-23-26(5-3-8-34(23)45-2)21-43(28-13-14-28)37(44)35-30(17-27-18-40-19-33(35)41-27)25-11-9-24(10-12-25)20-42-16-15-29(22-42)46-36-31(38)6-4-7-32(36)39/h3-12,27-29,33,40-41H,13-22H2,1-2H3/t27-,29-,33-/m0/s1. The van der Waals surface area contributed by atoms with Crippen LogP contribution in [0.3, 0.4) is 0 Å². The predicted molar refractivity (Wildman–Crippen MR) is 184 cm³/mol. The van der Waals surface area contributed by atoms with Crippen molar-refractivity contribution in [3.63, 3.8) is 0 Å². The molecule has 1 aliphatic carbocycles. The monoisotopic (exact) mass is 660 g/mol. The molecule has 7 rings (SSSR count). The van der Waals surface area contributed by atoms with Gasteiger partial charge in [-0.25, -0.2) is 0 Å². The molecule has 0 radical (unpaired) electrons. The second-order valence-corrected chi connectivity index (χ2v) is 13.9. The molecule has 3 heterocycles. The molecule has 0 aromatic heterocycles. The number of amides is 1. The van der Waals surface area contributed by atoms with Gasteiger partial charge in [0.1, 0.15) is 11.9 Å². The average Bonchev–Trinajstić information content (AvgIpc) is 3.81. The van der Waals surface area contributed by atoms with Gasteiger partial charge in [-0.15, -0.1) is 0 Å². The number of ether oxygens (including phenoxy) is 2. The molecule has 7 nitrogen and oxygen atoms in total. The van der Waals surface area contributed by atoms with E-state index in [-0.39, 0.29) is 24.1 Å². The number of hydrogen-bond acceptors (Lipinski definition) is 6. The van der Waals surface area contributed by atoms with Gasteiger partial charge in [0.25, 0.3) is 5.91 Å². The van der Waals surface area contributed by atoms with Crippen LogP contribution >= 0.6 is 23.2 Å². The number of halogens is 2. The van der Waals surface area contributed by atoms with E-state index in [1.165, 1.54) is 11.1 Å². The van der Waals surface area contributed by atoms with Crippen LogP contribution in [0.2, 0.25) is 10.0 Å². The number of methoxy groups -OCH3 is 1. The first-order valence-corrected chi connectivity index (χ1v) is 17.2. The summed E-state index contributed by atoms with van der Waals surface area (Å²) in [5.74, 6) is 1.59. The van der Waals surface area contributed by atoms with Crippen LogP contribution in [0.1, 0.15) is 47.9 Å². The van der Waals surface area contributed by atoms with E-state index < -0.39 is 0 Å². The maximum absolute atomic E-state index is 14.6. The maximum Gasteiger partial charge on any atom is 0.252 e. The minimum atomic E-state index is -0.00418. The molecule has 3 aromatic rings. The van der Waals surface area contributed by atoms with Gasteiger partial charge in [-0.3, -0.25) is 9.69 Å². The molecule has 0 spiro atoms. The zero-order valence-corrected chi connectivity index (χ0v) is 28.0. The molecule has 46 heavy (non-hydrogen) atoms. The number of nitrogens with one attached hydrogen (secondary N) is 2. The lowest BCUT2D eigenvalue weighted by molar-refractivity contribution is -0.128. The van der Waals surface area contributed by atoms with Crippen molar-refractivity contribution in [3.8, 4) is 11.5 Å². The van der Waals surface area contributed by atoms with Crippen LogP contribution in [0.25, 0.3) is 5.57 Å². The van der Waals surface area contributed by atoms with Gasteiger partial charge in [0.15, 0.2) is 5.75 Å². The molecule has 9 heteroatoms. The normalized spacial score (nSPS) is 23.0. The summed E-state index contributed by atoms with van der Waals surface area (Å²) < 4.78 is 11.8. The van der Waals surface area contributed by atoms with Gasteiger partial charge >= 0.3 is 0 Å². The zero-order valence-electron chi connectivity index (χ0n) is 26.5. The van der Waals surface area contributed by atoms with Gasteiger partial charge in [0, 0.05) is 56.9 Å². The van der Waals surface area contributed by atoms with E-state index in [9.17, 15) is 4.79 Å². The number of nitrogens with zero attached hydrogens (tertiary/aromatic N) is 2. The van der Waals surface area contributed by atoms with Crippen molar-refractivity contribution in [2.24, 2.45) is 0 Å². The molecule has 2 bridgehead atoms. The van der Waals surface area contributed by atoms with Crippen molar-refractivity contribution in [2.75, 3.05) is 33.3 Å². The van der Waals surface area contributed by atoms with Crippen LogP contribution in [0, 0.1) is 6.92 Å². The molecule has 1 saturated carbocycles. The molecule has 242 valence electrons. The summed E-state index contributed by atoms with van der Waals surface area (Å²) in [5, 5.41) is 8.40. The van der Waals surface area contributed by atoms with Crippen molar-refractivity contribution in [3.05, 3.63) is 98.5 Å². The molecule has 3 fully saturated rings. The second kappa shape index (κ2) is 13.6. The molecular formula is C37H42Cl2N4O3. The van der Waals surface area contributed by atoms with E-state index in [0.717, 1.165) is 86.4 Å². The fourth-order valence-corrected chi connectivity index (χ4v) is 7.74. The Kier molecular flexibility index (Phi) is 9.30. The quantitative estimate of drug-likeness (QED) is 0.268. The van der Waals surface area contributed by atoms with Gasteiger partial charge in [-0.2, -0.15) is 0 Å². The summed E-state index contributed by atoms with van der Waals surface area (Å²) in [6.45, 7) is 6.95. The van der Waals surface area contributed by atoms with Crippen molar-refractivity contribution in [1.29, 1.82) is 0 Å². The highest BCUT2D eigenvalue weighted by Crippen LogP contribution is 2.38. The van der Waals surface area contributed by atoms with Crippen LogP contribution in [-0.4, -0.2) is 73.2 Å². The smallest absolute Gasteiger partial charge is 0.252 e. The molecule has 3 aromatic carbocycles. The number of carbonyl (C=O) groups excluding carboxylic acids is 1. The van der Waals surface area contributed by atoms with Crippen LogP contribution < -0.4 is 20.1 Å². The predicted octanol–water partition coefficient (Wildman–Crippen LogP) is 6.24. The van der Waals surface area contributed by atoms with E-state index in [1.54, 1.807) is 7.11 Å². The lowest BCUT2D eigenvalue weighted by Gasteiger charge is -2.41. The number of hydrogen-bond donors (Lipinski definition) is 2. The lowest BCUT2D eigenvalue weighted by atomic mass is 9.83. The third-order valence-electron chi connectivity index (χ3n) is 9.88. The topological polar surface area (TPSA) is 66.1 Å². The summed E-state index contributed by atoms with van der Waals surface area (Å²) in [7, 11) is 1.70. The van der Waals surface area contributed by atoms with Crippen molar-refractivity contribution in [2.45, 2.75) is 69.9 Å². The Morgan fingerprint density at radius 1 is 1.00 bits per heavy atom. The first-order valence-electron chi connectivity index (χ1n) is 16.4. The summed E-state index contributed by atoms with van der Waals surface area (Å²) in [6, 6.07) is 21.0. The number of piperazine rings is 1. The van der Waals surface area contributed by atoms with Crippen LogP contribution in [0.5, 0.6) is 11.5 Å². The third-order valence-corrected chi connectivity index (χ3v) is 10.5. The molecule has 2 saturated heterocycles. The van der Waals surface area contributed by atoms with Crippen molar-refractivity contribution >= 4 is 34.7 Å². The van der Waals surface area contributed by atoms with Crippen LogP contribution in [-0.2, 0) is 17.9 Å². The van der Waals surface area contributed by atoms with E-state index in [4.69, 9.17) is 32.7 Å². The van der Waals surface area contributed by atoms with Gasteiger partial charge < -0.3 is 25.0 Å². The van der Waals surface area contributed by atoms with Gasteiger partial charge in [0.2, 0.25) is 0 Å². The van der Waals surface area contributed by atoms with Gasteiger partial charge in [0.05, 0.1) is 23.2 Å². The highest BCUT2D eigenvalue weighted by atomic mass is 35.5. The fourth-order valence-electron chi connectivity index (χ4n) is 7.25. The Morgan fingerprint density at radius 2 is 1.76 bits per heavy atom. The number of rotatable bonds is 10. The molecule has 2 N–H and O–H groups in total. The van der Waals surface area contributed by atoms with Crippen molar-refractivity contribution in [1.82, 2.24) is 20.4 Å². The maximum atomic E-state index is 14.6. The Labute approximate surface area is 281 Å².